The van der Waals surface area contributed by atoms with E-state index in [2.05, 4.69) is 15.4 Å². The van der Waals surface area contributed by atoms with Gasteiger partial charge in [-0.15, -0.1) is 0 Å². The fourth-order valence-corrected chi connectivity index (χ4v) is 4.21. The van der Waals surface area contributed by atoms with Gasteiger partial charge in [0.15, 0.2) is 5.11 Å². The van der Waals surface area contributed by atoms with Gasteiger partial charge in [0.25, 0.3) is 10.0 Å². The summed E-state index contributed by atoms with van der Waals surface area (Å²) in [5.74, 6) is 0.637. The Morgan fingerprint density at radius 3 is 2.13 bits per heavy atom. The van der Waals surface area contributed by atoms with Crippen LogP contribution in [0.15, 0.2) is 71.6 Å². The van der Waals surface area contributed by atoms with Gasteiger partial charge >= 0.3 is 0 Å². The fraction of sp³-hybridized carbons (Fsp3) is 0.0500. The summed E-state index contributed by atoms with van der Waals surface area (Å²) < 4.78 is 32.7. The Kier molecular flexibility index (Phi) is 7.04. The Morgan fingerprint density at radius 1 is 0.900 bits per heavy atom. The second-order valence-corrected chi connectivity index (χ2v) is 9.00. The number of anilines is 3. The summed E-state index contributed by atoms with van der Waals surface area (Å²) >= 11 is 17.3. The molecule has 3 aromatic rings. The van der Waals surface area contributed by atoms with Crippen LogP contribution in [-0.2, 0) is 10.0 Å². The van der Waals surface area contributed by atoms with E-state index in [0.717, 1.165) is 0 Å². The standard InChI is InChI=1S/C20H17Cl2N3O3S2/c1-28-16-7-3-15(4-8-16)25-30(26,27)17-9-5-14(6-10-17)23-20(29)24-19-11-2-13(21)12-18(19)22/h2-12,25H,1H3,(H2,23,24,29). The van der Waals surface area contributed by atoms with Crippen molar-refractivity contribution in [2.24, 2.45) is 0 Å². The van der Waals surface area contributed by atoms with Crippen molar-refractivity contribution in [1.29, 1.82) is 0 Å². The van der Waals surface area contributed by atoms with Crippen LogP contribution in [0.3, 0.4) is 0 Å². The zero-order valence-electron chi connectivity index (χ0n) is 15.6. The number of hydrogen-bond donors (Lipinski definition) is 3. The molecule has 6 nitrogen and oxygen atoms in total. The van der Waals surface area contributed by atoms with E-state index < -0.39 is 10.0 Å². The molecule has 0 unspecified atom stereocenters. The molecule has 0 radical (unpaired) electrons. The average molecular weight is 482 g/mol. The molecule has 0 aliphatic rings. The molecule has 0 amide bonds. The molecule has 156 valence electrons. The first kappa shape index (κ1) is 22.2. The minimum Gasteiger partial charge on any atom is -0.497 e. The van der Waals surface area contributed by atoms with Crippen molar-refractivity contribution in [3.05, 3.63) is 76.8 Å². The van der Waals surface area contributed by atoms with Crippen molar-refractivity contribution in [3.63, 3.8) is 0 Å². The quantitative estimate of drug-likeness (QED) is 0.397. The lowest BCUT2D eigenvalue weighted by molar-refractivity contribution is 0.415. The Balaban J connectivity index is 1.65. The van der Waals surface area contributed by atoms with Crippen molar-refractivity contribution in [2.45, 2.75) is 4.90 Å². The molecular formula is C20H17Cl2N3O3S2. The van der Waals surface area contributed by atoms with Crippen molar-refractivity contribution in [3.8, 4) is 5.75 Å². The van der Waals surface area contributed by atoms with Crippen LogP contribution >= 0.6 is 35.4 Å². The van der Waals surface area contributed by atoms with Crippen molar-refractivity contribution >= 4 is 67.6 Å². The van der Waals surface area contributed by atoms with Crippen LogP contribution in [0.5, 0.6) is 5.75 Å². The summed E-state index contributed by atoms with van der Waals surface area (Å²) in [6, 6.07) is 17.8. The Hall–Kier alpha value is -2.52. The third-order valence-electron chi connectivity index (χ3n) is 3.94. The molecule has 0 aromatic heterocycles. The van der Waals surface area contributed by atoms with E-state index in [0.29, 0.717) is 38.0 Å². The van der Waals surface area contributed by atoms with Crippen LogP contribution in [0.2, 0.25) is 10.0 Å². The monoisotopic (exact) mass is 481 g/mol. The maximum absolute atomic E-state index is 12.6. The molecule has 0 fully saturated rings. The van der Waals surface area contributed by atoms with Gasteiger partial charge in [-0.05, 0) is 78.9 Å². The van der Waals surface area contributed by atoms with E-state index in [-0.39, 0.29) is 4.90 Å². The number of halogens is 2. The van der Waals surface area contributed by atoms with E-state index in [4.69, 9.17) is 40.2 Å². The van der Waals surface area contributed by atoms with Gasteiger partial charge in [-0.1, -0.05) is 23.2 Å². The molecule has 0 atom stereocenters. The molecule has 0 aliphatic carbocycles. The molecule has 0 saturated heterocycles. The number of thiocarbonyl (C=S) groups is 1. The van der Waals surface area contributed by atoms with Crippen LogP contribution in [0.4, 0.5) is 17.1 Å². The fourth-order valence-electron chi connectivity index (χ4n) is 2.47. The SMILES string of the molecule is COc1ccc(NS(=O)(=O)c2ccc(NC(=S)Nc3ccc(Cl)cc3Cl)cc2)cc1. The lowest BCUT2D eigenvalue weighted by Gasteiger charge is -2.13. The normalized spacial score (nSPS) is 10.9. The number of methoxy groups -OCH3 is 1. The first-order chi connectivity index (χ1) is 14.3. The summed E-state index contributed by atoms with van der Waals surface area (Å²) in [5.41, 5.74) is 1.64. The summed E-state index contributed by atoms with van der Waals surface area (Å²) in [5, 5.41) is 7.18. The van der Waals surface area contributed by atoms with Gasteiger partial charge < -0.3 is 15.4 Å². The summed E-state index contributed by atoms with van der Waals surface area (Å²) in [6.07, 6.45) is 0. The molecule has 30 heavy (non-hydrogen) atoms. The van der Waals surface area contributed by atoms with E-state index in [9.17, 15) is 8.42 Å². The van der Waals surface area contributed by atoms with Gasteiger partial charge in [0.2, 0.25) is 0 Å². The highest BCUT2D eigenvalue weighted by atomic mass is 35.5. The van der Waals surface area contributed by atoms with Gasteiger partial charge in [0.1, 0.15) is 5.75 Å². The predicted octanol–water partition coefficient (Wildman–Crippen LogP) is 5.61. The van der Waals surface area contributed by atoms with Crippen LogP contribution in [0.1, 0.15) is 0 Å². The second-order valence-electron chi connectivity index (χ2n) is 6.06. The zero-order valence-corrected chi connectivity index (χ0v) is 18.8. The van der Waals surface area contributed by atoms with E-state index >= 15 is 0 Å². The summed E-state index contributed by atoms with van der Waals surface area (Å²) in [7, 11) is -2.19. The van der Waals surface area contributed by atoms with Gasteiger partial charge in [0, 0.05) is 16.4 Å². The highest BCUT2D eigenvalue weighted by molar-refractivity contribution is 7.92. The number of hydrogen-bond acceptors (Lipinski definition) is 4. The molecule has 3 rings (SSSR count). The topological polar surface area (TPSA) is 79.5 Å². The Labute approximate surface area is 190 Å². The third kappa shape index (κ3) is 5.76. The molecule has 0 heterocycles. The largest absolute Gasteiger partial charge is 0.497 e. The van der Waals surface area contributed by atoms with Crippen LogP contribution < -0.4 is 20.1 Å². The van der Waals surface area contributed by atoms with E-state index in [1.165, 1.54) is 12.1 Å². The molecule has 0 spiro atoms. The van der Waals surface area contributed by atoms with E-state index in [1.807, 2.05) is 0 Å². The van der Waals surface area contributed by atoms with Crippen LogP contribution in [-0.4, -0.2) is 20.6 Å². The van der Waals surface area contributed by atoms with Crippen molar-refractivity contribution in [2.75, 3.05) is 22.5 Å². The number of benzene rings is 3. The minimum absolute atomic E-state index is 0.114. The van der Waals surface area contributed by atoms with Gasteiger partial charge in [0.05, 0.1) is 22.7 Å². The zero-order chi connectivity index (χ0) is 21.7. The van der Waals surface area contributed by atoms with Gasteiger partial charge in [-0.2, -0.15) is 0 Å². The Morgan fingerprint density at radius 2 is 1.53 bits per heavy atom. The lowest BCUT2D eigenvalue weighted by atomic mass is 10.3. The summed E-state index contributed by atoms with van der Waals surface area (Å²) in [6.45, 7) is 0. The van der Waals surface area contributed by atoms with Crippen molar-refractivity contribution < 1.29 is 13.2 Å². The third-order valence-corrected chi connectivity index (χ3v) is 6.09. The molecule has 3 aromatic carbocycles. The molecule has 10 heteroatoms. The van der Waals surface area contributed by atoms with E-state index in [1.54, 1.807) is 61.7 Å². The second kappa shape index (κ2) is 9.53. The molecule has 3 N–H and O–H groups in total. The molecule has 0 aliphatic heterocycles. The lowest BCUT2D eigenvalue weighted by Crippen LogP contribution is -2.19. The maximum atomic E-state index is 12.6. The van der Waals surface area contributed by atoms with Gasteiger partial charge in [-0.25, -0.2) is 8.42 Å². The average Bonchev–Trinajstić information content (AvgIpc) is 2.71. The first-order valence-electron chi connectivity index (χ1n) is 8.57. The number of sulfonamides is 1. The van der Waals surface area contributed by atoms with Gasteiger partial charge in [-0.3, -0.25) is 4.72 Å². The van der Waals surface area contributed by atoms with Crippen LogP contribution in [0, 0.1) is 0 Å². The first-order valence-corrected chi connectivity index (χ1v) is 11.2. The maximum Gasteiger partial charge on any atom is 0.261 e. The molecule has 0 bridgehead atoms. The highest BCUT2D eigenvalue weighted by Crippen LogP contribution is 2.26. The predicted molar refractivity (Wildman–Crippen MR) is 127 cm³/mol. The molecule has 0 saturated carbocycles. The number of nitrogens with one attached hydrogen (secondary N) is 3. The molecular weight excluding hydrogens is 465 g/mol. The summed E-state index contributed by atoms with van der Waals surface area (Å²) in [4.78, 5) is 0.114. The van der Waals surface area contributed by atoms with Crippen molar-refractivity contribution in [1.82, 2.24) is 0 Å². The number of rotatable bonds is 6. The number of ether oxygens (including phenoxy) is 1. The highest BCUT2D eigenvalue weighted by Gasteiger charge is 2.14. The van der Waals surface area contributed by atoms with Crippen LogP contribution in [0.25, 0.3) is 0 Å². The minimum atomic E-state index is -3.73. The smallest absolute Gasteiger partial charge is 0.261 e. The Bertz CT molecular complexity index is 1150.